The highest BCUT2D eigenvalue weighted by atomic mass is 35.5. The van der Waals surface area contributed by atoms with Crippen LogP contribution in [0.1, 0.15) is 24.8 Å². The molecule has 0 bridgehead atoms. The van der Waals surface area contributed by atoms with Gasteiger partial charge >= 0.3 is 0 Å². The highest BCUT2D eigenvalue weighted by molar-refractivity contribution is 6.30. The maximum atomic E-state index is 12.4. The molecule has 1 saturated heterocycles. The third-order valence-electron chi connectivity index (χ3n) is 4.09. The van der Waals surface area contributed by atoms with Crippen molar-refractivity contribution in [3.63, 3.8) is 0 Å². The third kappa shape index (κ3) is 4.70. The van der Waals surface area contributed by atoms with E-state index in [9.17, 15) is 4.79 Å². The average Bonchev–Trinajstić information content (AvgIpc) is 2.47. The lowest BCUT2D eigenvalue weighted by Crippen LogP contribution is -2.48. The molecule has 0 spiro atoms. The molecular formula is C16H24ClN3O. The number of hydrogen-bond acceptors (Lipinski definition) is 3. The Morgan fingerprint density at radius 3 is 3.00 bits per heavy atom. The van der Waals surface area contributed by atoms with Gasteiger partial charge in [-0.05, 0) is 37.1 Å². The minimum atomic E-state index is 0.135. The Morgan fingerprint density at radius 1 is 1.48 bits per heavy atom. The molecule has 1 aromatic rings. The van der Waals surface area contributed by atoms with E-state index in [1.165, 1.54) is 6.42 Å². The first kappa shape index (κ1) is 16.3. The first-order valence-electron chi connectivity index (χ1n) is 7.52. The Hall–Kier alpha value is -1.10. The maximum Gasteiger partial charge on any atom is 0.236 e. The van der Waals surface area contributed by atoms with E-state index >= 15 is 0 Å². The number of rotatable bonds is 5. The largest absolute Gasteiger partial charge is 0.340 e. The van der Waals surface area contributed by atoms with Crippen molar-refractivity contribution in [2.45, 2.75) is 31.8 Å². The van der Waals surface area contributed by atoms with Gasteiger partial charge in [-0.2, -0.15) is 0 Å². The zero-order valence-corrected chi connectivity index (χ0v) is 13.4. The number of benzene rings is 1. The van der Waals surface area contributed by atoms with E-state index in [-0.39, 0.29) is 5.91 Å². The van der Waals surface area contributed by atoms with Crippen molar-refractivity contribution >= 4 is 17.5 Å². The number of halogens is 1. The molecule has 116 valence electrons. The number of nitrogens with two attached hydrogens (primary N) is 1. The van der Waals surface area contributed by atoms with Gasteiger partial charge in [-0.25, -0.2) is 0 Å². The van der Waals surface area contributed by atoms with Gasteiger partial charge in [-0.1, -0.05) is 30.2 Å². The number of carbonyl (C=O) groups excluding carboxylic acids is 1. The number of amides is 1. The smallest absolute Gasteiger partial charge is 0.236 e. The number of piperidine rings is 1. The maximum absolute atomic E-state index is 12.4. The van der Waals surface area contributed by atoms with Crippen molar-refractivity contribution in [1.82, 2.24) is 9.80 Å². The molecule has 1 unspecified atom stereocenters. The van der Waals surface area contributed by atoms with E-state index in [2.05, 4.69) is 4.90 Å². The van der Waals surface area contributed by atoms with Crippen LogP contribution in [0.25, 0.3) is 0 Å². The molecule has 1 atom stereocenters. The van der Waals surface area contributed by atoms with E-state index < -0.39 is 0 Å². The second-order valence-electron chi connectivity index (χ2n) is 5.74. The van der Waals surface area contributed by atoms with Crippen molar-refractivity contribution in [1.29, 1.82) is 0 Å². The van der Waals surface area contributed by atoms with Crippen molar-refractivity contribution in [3.05, 3.63) is 34.9 Å². The van der Waals surface area contributed by atoms with Crippen LogP contribution in [0, 0.1) is 0 Å². The Kier molecular flexibility index (Phi) is 6.03. The summed E-state index contributed by atoms with van der Waals surface area (Å²) in [7, 11) is 1.84. The van der Waals surface area contributed by atoms with Gasteiger partial charge in [0.05, 0.1) is 6.54 Å². The quantitative estimate of drug-likeness (QED) is 0.906. The van der Waals surface area contributed by atoms with Crippen LogP contribution in [0.4, 0.5) is 0 Å². The number of nitrogens with zero attached hydrogens (tertiary/aromatic N) is 2. The van der Waals surface area contributed by atoms with Crippen LogP contribution in [0.3, 0.4) is 0 Å². The standard InChI is InChI=1S/C16H24ClN3O/c1-19(11-13-5-4-6-14(17)9-13)16(21)12-20-8-3-2-7-15(20)10-18/h4-6,9,15H,2-3,7-8,10-12,18H2,1H3. The second kappa shape index (κ2) is 7.78. The van der Waals surface area contributed by atoms with Crippen molar-refractivity contribution < 1.29 is 4.79 Å². The van der Waals surface area contributed by atoms with E-state index in [1.807, 2.05) is 31.3 Å². The highest BCUT2D eigenvalue weighted by Crippen LogP contribution is 2.16. The lowest BCUT2D eigenvalue weighted by atomic mass is 10.0. The summed E-state index contributed by atoms with van der Waals surface area (Å²) >= 11 is 5.98. The Labute approximate surface area is 131 Å². The van der Waals surface area contributed by atoms with Crippen LogP contribution in [-0.2, 0) is 11.3 Å². The van der Waals surface area contributed by atoms with E-state index in [1.54, 1.807) is 4.90 Å². The lowest BCUT2D eigenvalue weighted by molar-refractivity contribution is -0.132. The molecule has 0 saturated carbocycles. The van der Waals surface area contributed by atoms with Gasteiger partial charge in [-0.15, -0.1) is 0 Å². The molecule has 1 heterocycles. The Morgan fingerprint density at radius 2 is 2.29 bits per heavy atom. The third-order valence-corrected chi connectivity index (χ3v) is 4.33. The molecule has 21 heavy (non-hydrogen) atoms. The molecule has 1 aliphatic rings. The molecule has 2 N–H and O–H groups in total. The first-order valence-corrected chi connectivity index (χ1v) is 7.90. The summed E-state index contributed by atoms with van der Waals surface area (Å²) in [5.41, 5.74) is 6.85. The zero-order chi connectivity index (χ0) is 15.2. The predicted octanol–water partition coefficient (Wildman–Crippen LogP) is 2.11. The van der Waals surface area contributed by atoms with Gasteiger partial charge in [-0.3, -0.25) is 9.69 Å². The number of likely N-dealkylation sites (N-methyl/N-ethyl adjacent to an activating group) is 1. The van der Waals surface area contributed by atoms with E-state index in [0.29, 0.717) is 30.7 Å². The van der Waals surface area contributed by atoms with Gasteiger partial charge in [0.25, 0.3) is 0 Å². The van der Waals surface area contributed by atoms with Crippen LogP contribution in [0.2, 0.25) is 5.02 Å². The average molecular weight is 310 g/mol. The number of carbonyl (C=O) groups is 1. The molecule has 0 aliphatic carbocycles. The number of likely N-dealkylation sites (tertiary alicyclic amines) is 1. The monoisotopic (exact) mass is 309 g/mol. The van der Waals surface area contributed by atoms with Crippen LogP contribution >= 0.6 is 11.6 Å². The summed E-state index contributed by atoms with van der Waals surface area (Å²) in [6, 6.07) is 7.98. The molecule has 0 radical (unpaired) electrons. The normalized spacial score (nSPS) is 19.5. The van der Waals surface area contributed by atoms with Gasteiger partial charge in [0.2, 0.25) is 5.91 Å². The topological polar surface area (TPSA) is 49.6 Å². The molecule has 1 fully saturated rings. The molecule has 5 heteroatoms. The van der Waals surface area contributed by atoms with Gasteiger partial charge in [0.1, 0.15) is 0 Å². The van der Waals surface area contributed by atoms with E-state index in [0.717, 1.165) is 24.9 Å². The molecule has 0 aromatic heterocycles. The Balaban J connectivity index is 1.90. The molecule has 1 aromatic carbocycles. The van der Waals surface area contributed by atoms with Gasteiger partial charge < -0.3 is 10.6 Å². The highest BCUT2D eigenvalue weighted by Gasteiger charge is 2.24. The fourth-order valence-corrected chi connectivity index (χ4v) is 3.04. The zero-order valence-electron chi connectivity index (χ0n) is 12.6. The summed E-state index contributed by atoms with van der Waals surface area (Å²) in [6.07, 6.45) is 3.47. The molecule has 4 nitrogen and oxygen atoms in total. The minimum Gasteiger partial charge on any atom is -0.340 e. The summed E-state index contributed by atoms with van der Waals surface area (Å²) in [6.45, 7) is 2.64. The molecule has 1 aliphatic heterocycles. The van der Waals surface area contributed by atoms with Crippen molar-refractivity contribution in [3.8, 4) is 0 Å². The van der Waals surface area contributed by atoms with Crippen LogP contribution in [-0.4, -0.2) is 48.4 Å². The van der Waals surface area contributed by atoms with Crippen molar-refractivity contribution in [2.24, 2.45) is 5.73 Å². The van der Waals surface area contributed by atoms with Gasteiger partial charge in [0.15, 0.2) is 0 Å². The Bertz CT molecular complexity index is 480. The summed E-state index contributed by atoms with van der Waals surface area (Å²) < 4.78 is 0. The lowest BCUT2D eigenvalue weighted by Gasteiger charge is -2.35. The summed E-state index contributed by atoms with van der Waals surface area (Å²) in [4.78, 5) is 16.4. The fourth-order valence-electron chi connectivity index (χ4n) is 2.83. The van der Waals surface area contributed by atoms with E-state index in [4.69, 9.17) is 17.3 Å². The van der Waals surface area contributed by atoms with Crippen LogP contribution in [0.5, 0.6) is 0 Å². The van der Waals surface area contributed by atoms with Crippen LogP contribution < -0.4 is 5.73 Å². The molecular weight excluding hydrogens is 286 g/mol. The van der Waals surface area contributed by atoms with Crippen molar-refractivity contribution in [2.75, 3.05) is 26.7 Å². The van der Waals surface area contributed by atoms with Gasteiger partial charge in [0, 0.05) is 31.2 Å². The molecule has 2 rings (SSSR count). The minimum absolute atomic E-state index is 0.135. The predicted molar refractivity (Wildman–Crippen MR) is 86.2 cm³/mol. The summed E-state index contributed by atoms with van der Waals surface area (Å²) in [5, 5.41) is 0.701. The van der Waals surface area contributed by atoms with Crippen LogP contribution in [0.15, 0.2) is 24.3 Å². The second-order valence-corrected chi connectivity index (χ2v) is 6.17. The number of hydrogen-bond donors (Lipinski definition) is 1. The first-order chi connectivity index (χ1) is 10.1. The summed E-state index contributed by atoms with van der Waals surface area (Å²) in [5.74, 6) is 0.135. The molecule has 1 amide bonds. The SMILES string of the molecule is CN(Cc1cccc(Cl)c1)C(=O)CN1CCCCC1CN. The fraction of sp³-hybridized carbons (Fsp3) is 0.562.